The van der Waals surface area contributed by atoms with Gasteiger partial charge in [0.25, 0.3) is 5.91 Å². The van der Waals surface area contributed by atoms with E-state index in [9.17, 15) is 67.4 Å². The van der Waals surface area contributed by atoms with Gasteiger partial charge in [0.1, 0.15) is 55.5 Å². The molecule has 3 rings (SSSR count). The van der Waals surface area contributed by atoms with Gasteiger partial charge in [0, 0.05) is 66.4 Å². The van der Waals surface area contributed by atoms with Crippen LogP contribution in [0.3, 0.4) is 0 Å². The minimum atomic E-state index is -1.83. The molecule has 41 heteroatoms. The molecule has 1 heterocycles. The van der Waals surface area contributed by atoms with Gasteiger partial charge in [0.2, 0.25) is 65.0 Å². The van der Waals surface area contributed by atoms with E-state index in [1.807, 2.05) is 24.3 Å². The molecule has 37 nitrogen and oxygen atoms in total. The lowest BCUT2D eigenvalue weighted by Gasteiger charge is -2.26. The molecule has 7 atom stereocenters. The van der Waals surface area contributed by atoms with Crippen LogP contribution in [-0.2, 0) is 102 Å². The third-order valence-electron chi connectivity index (χ3n) is 14.9. The summed E-state index contributed by atoms with van der Waals surface area (Å²) in [7, 11) is 0. The normalized spacial score (nSPS) is 19.2. The summed E-state index contributed by atoms with van der Waals surface area (Å²) in [6.07, 6.45) is 0.990. The Kier molecular flexibility index (Phi) is 50.4. The van der Waals surface area contributed by atoms with Crippen LogP contribution in [-0.4, -0.2) is 285 Å². The van der Waals surface area contributed by atoms with E-state index in [0.29, 0.717) is 58.4 Å². The molecule has 0 radical (unpaired) electrons. The highest BCUT2D eigenvalue weighted by Gasteiger charge is 2.34. The lowest BCUT2D eigenvalue weighted by molar-refractivity contribution is -0.141. The summed E-state index contributed by atoms with van der Waals surface area (Å²) < 4.78 is 33.8. The lowest BCUT2D eigenvalue weighted by atomic mass is 10.0. The minimum absolute atomic E-state index is 0.00350. The molecule has 0 bridgehead atoms. The maximum Gasteiger partial charge on any atom is 0.305 e. The first kappa shape index (κ1) is 94.0. The Morgan fingerprint density at radius 1 is 0.574 bits per heavy atom. The van der Waals surface area contributed by atoms with Crippen LogP contribution in [0.5, 0.6) is 0 Å². The summed E-state index contributed by atoms with van der Waals surface area (Å²) in [5.41, 5.74) is 6.88. The summed E-state index contributed by atoms with van der Waals surface area (Å²) in [6, 6.07) is 6.17. The molecule has 0 unspecified atom stereocenters. The fraction of sp³-hybridized carbons (Fsp3) is 0.597. The number of likely N-dealkylation sites (N-methyl/N-ethyl adjacent to an activating group) is 1. The second-order valence-corrected chi connectivity index (χ2v) is 26.8. The van der Waals surface area contributed by atoms with Crippen LogP contribution in [0.25, 0.3) is 0 Å². The number of guanidine groups is 1. The molecular weight excluding hydrogens is 1590 g/mol. The first-order chi connectivity index (χ1) is 52.0. The molecule has 2 aromatic rings. The van der Waals surface area contributed by atoms with Gasteiger partial charge in [-0.05, 0) is 97.1 Å². The predicted octanol–water partition coefficient (Wildman–Crippen LogP) is -3.73. The van der Waals surface area contributed by atoms with Crippen molar-refractivity contribution in [2.24, 2.45) is 10.9 Å². The van der Waals surface area contributed by atoms with Gasteiger partial charge < -0.3 is 113 Å². The maximum atomic E-state index is 14.2. The Morgan fingerprint density at radius 2 is 1.06 bits per heavy atom. The number of oxime groups is 1. The van der Waals surface area contributed by atoms with E-state index in [-0.39, 0.29) is 139 Å². The highest BCUT2D eigenvalue weighted by atomic mass is 127. The van der Waals surface area contributed by atoms with Crippen molar-refractivity contribution < 1.29 is 101 Å². The highest BCUT2D eigenvalue weighted by molar-refractivity contribution is 14.1. The van der Waals surface area contributed by atoms with E-state index in [1.54, 1.807) is 37.3 Å². The molecule has 0 spiro atoms. The van der Waals surface area contributed by atoms with Crippen molar-refractivity contribution in [3.8, 4) is 0 Å². The zero-order valence-electron chi connectivity index (χ0n) is 60.3. The number of rotatable bonds is 43. The molecule has 1 aliphatic heterocycles. The number of carboxylic acid groups (broad SMARTS) is 1. The van der Waals surface area contributed by atoms with Crippen molar-refractivity contribution in [3.05, 3.63) is 69.3 Å². The summed E-state index contributed by atoms with van der Waals surface area (Å²) in [5.74, 6) is -11.5. The number of amides is 12. The maximum absolute atomic E-state index is 14.2. The van der Waals surface area contributed by atoms with E-state index in [0.717, 1.165) is 9.13 Å². The van der Waals surface area contributed by atoms with Gasteiger partial charge in [-0.15, -0.1) is 0 Å². The second kappa shape index (κ2) is 57.9. The van der Waals surface area contributed by atoms with Crippen LogP contribution < -0.4 is 74.9 Å². The lowest BCUT2D eigenvalue weighted by Crippen LogP contribution is -2.60. The molecule has 2 aromatic carbocycles. The predicted molar refractivity (Wildman–Crippen MR) is 412 cm³/mol. The van der Waals surface area contributed by atoms with Gasteiger partial charge >= 0.3 is 5.97 Å². The number of hydrogen-bond donors (Lipinski definition) is 18. The van der Waals surface area contributed by atoms with Gasteiger partial charge in [-0.1, -0.05) is 47.6 Å². The first-order valence-electron chi connectivity index (χ1n) is 35.0. The quantitative estimate of drug-likeness (QED) is 0.00758. The highest BCUT2D eigenvalue weighted by Crippen LogP contribution is 2.12. The van der Waals surface area contributed by atoms with Crippen molar-refractivity contribution in [3.63, 3.8) is 0 Å². The van der Waals surface area contributed by atoms with Gasteiger partial charge in [0.05, 0.1) is 85.2 Å². The first-order valence-corrected chi connectivity index (χ1v) is 38.5. The number of thiol groups is 2. The van der Waals surface area contributed by atoms with E-state index < -0.39 is 139 Å². The number of carbonyl (C=O) groups excluding carboxylic acids is 12. The average molecular weight is 1690 g/mol. The van der Waals surface area contributed by atoms with Gasteiger partial charge in [-0.3, -0.25) is 67.7 Å². The Morgan fingerprint density at radius 3 is 1.63 bits per heavy atom. The number of hydrogen-bond acceptors (Lipinski definition) is 25. The number of nitrogens with one attached hydrogen (secondary N) is 14. The number of unbranched alkanes of at least 4 members (excludes halogenated alkanes) is 1. The Bertz CT molecular complexity index is 3160. The molecule has 602 valence electrons. The number of halogens is 1. The van der Waals surface area contributed by atoms with Crippen LogP contribution in [0, 0.1) is 8.98 Å². The number of nitrogens with two attached hydrogens (primary N) is 1. The van der Waals surface area contributed by atoms with Crippen molar-refractivity contribution in [1.82, 2.24) is 69.1 Å². The summed E-state index contributed by atoms with van der Waals surface area (Å²) in [4.78, 5) is 178. The molecule has 0 aliphatic carbocycles. The molecule has 108 heavy (non-hydrogen) atoms. The molecule has 1 saturated heterocycles. The largest absolute Gasteiger partial charge is 0.481 e. The zero-order chi connectivity index (χ0) is 79.1. The smallest absolute Gasteiger partial charge is 0.305 e. The number of carboxylic acids is 1. The average Bonchev–Trinajstić information content (AvgIpc) is 0.866. The third-order valence-corrected chi connectivity index (χ3v) is 17.5. The van der Waals surface area contributed by atoms with Crippen LogP contribution >= 0.6 is 59.6 Å². The number of nitrogens with zero attached hydrogens (tertiary/aromatic N) is 1. The number of carbonyl (C=O) groups is 13. The fourth-order valence-corrected chi connectivity index (χ4v) is 11.3. The Balaban J connectivity index is 1.51. The van der Waals surface area contributed by atoms with Crippen LogP contribution in [0.4, 0.5) is 0 Å². The molecular formula is C67H103IN16O21S3. The van der Waals surface area contributed by atoms with Crippen LogP contribution in [0.1, 0.15) is 69.4 Å². The zero-order valence-corrected chi connectivity index (χ0v) is 65.0. The molecule has 17 N–H and O–H groups in total. The van der Waals surface area contributed by atoms with Gasteiger partial charge in [0.15, 0.2) is 12.6 Å². The van der Waals surface area contributed by atoms with Gasteiger partial charge in [-0.25, -0.2) is 0 Å². The summed E-state index contributed by atoms with van der Waals surface area (Å²) in [5, 5.41) is 54.3. The monoisotopic (exact) mass is 1690 g/mol. The number of benzene rings is 2. The molecule has 1 fully saturated rings. The van der Waals surface area contributed by atoms with E-state index in [2.05, 4.69) is 122 Å². The van der Waals surface area contributed by atoms with Crippen LogP contribution in [0.2, 0.25) is 0 Å². The Hall–Kier alpha value is -8.17. The molecule has 0 aromatic heterocycles. The second-order valence-electron chi connectivity index (χ2n) is 23.6. The number of aliphatic carboxylic acids is 1. The topological polar surface area (TPSA) is 525 Å². The number of ether oxygens (including phenoxy) is 6. The van der Waals surface area contributed by atoms with Crippen LogP contribution in [0.15, 0.2) is 59.8 Å². The van der Waals surface area contributed by atoms with Crippen molar-refractivity contribution in [1.29, 1.82) is 5.41 Å². The summed E-state index contributed by atoms with van der Waals surface area (Å²) >= 11 is 11.9. The minimum Gasteiger partial charge on any atom is -0.481 e. The van der Waals surface area contributed by atoms with Crippen molar-refractivity contribution >= 4 is 149 Å². The Labute approximate surface area is 655 Å². The SMILES string of the molecule is CCNC(=O)[C@@H]1CSCCCC(=O)N[C@@H](CCCCNC(=O)COCC(=O)NCCOCCOCCOCCOCCOCCNC(=O)CO/N=C/c2ccc(I)cc2)C(=O)N[C@@H](CS)C(=O)N[C@@H](CCCNC(=N)N)C(=O)NCC(=O)N[C@@H](CC(=O)O)C(=O)N[C@@H](CS)C(=O)N[C@@H](Cc2ccccc2)C(=O)N1. The fourth-order valence-electron chi connectivity index (χ4n) is 9.42. The standard InChI is InChI=1S/C67H103IN16O21S3/c1-2-71-61(93)53-43-108-33-9-14-54(85)78-48(12-6-7-19-72-56(87)38-104-39-57(88)73-21-23-99-25-27-101-29-31-103-32-30-102-28-26-100-24-22-74-58(89)40-105-77-36-45-15-17-46(68)18-16-45)62(94)82-51(41-106)65(97)80-47(13-8-20-75-67(69)70)60(92)76-37-55(86)79-50(35-59(90)91)64(96)83-52(42-107)66(98)81-49(63(95)84-53)34-44-10-4-3-5-11-44/h3-5,10-11,15-18,36,47-53,106-107H,2,6-9,12-14,19-35,37-43H2,1H3,(H,71,93)(H,72,87)(H,73,88)(H,74,89)(H,76,92)(H,78,85)(H,79,86)(H,80,97)(H,81,98)(H,82,94)(H,83,96)(H,84,95)(H,90,91)(H4,69,70,75)/b77-36+/t47-,48-,49-,50-,51-,52-,53-/m0/s1. The number of thioether (sulfide) groups is 1. The van der Waals surface area contributed by atoms with E-state index in [1.165, 1.54) is 18.0 Å². The molecule has 1 aliphatic rings. The molecule has 12 amide bonds. The van der Waals surface area contributed by atoms with Crippen molar-refractivity contribution in [2.75, 3.05) is 148 Å². The van der Waals surface area contributed by atoms with E-state index >= 15 is 0 Å². The third kappa shape index (κ3) is 44.3. The summed E-state index contributed by atoms with van der Waals surface area (Å²) in [6.45, 7) is 3.63. The van der Waals surface area contributed by atoms with Gasteiger partial charge in [-0.2, -0.15) is 37.0 Å². The van der Waals surface area contributed by atoms with Crippen molar-refractivity contribution in [2.45, 2.75) is 107 Å². The molecule has 0 saturated carbocycles. The van der Waals surface area contributed by atoms with E-state index in [4.69, 9.17) is 44.4 Å².